The van der Waals surface area contributed by atoms with Crippen LogP contribution in [0.4, 0.5) is 5.69 Å². The van der Waals surface area contributed by atoms with Crippen molar-refractivity contribution in [2.75, 3.05) is 0 Å². The Labute approximate surface area is 708 Å². The van der Waals surface area contributed by atoms with Crippen LogP contribution < -0.4 is 18.3 Å². The molecule has 20 aromatic rings. The van der Waals surface area contributed by atoms with Gasteiger partial charge in [-0.15, -0.1) is 0 Å². The smallest absolute Gasteiger partial charge is 0.217 e. The van der Waals surface area contributed by atoms with Crippen molar-refractivity contribution < 1.29 is 18.3 Å². The van der Waals surface area contributed by atoms with Crippen molar-refractivity contribution in [3.05, 3.63) is 364 Å². The van der Waals surface area contributed by atoms with Crippen molar-refractivity contribution in [1.29, 1.82) is 0 Å². The van der Waals surface area contributed by atoms with E-state index in [-0.39, 0.29) is 5.41 Å². The number of hydrogen-bond donors (Lipinski definition) is 0. The minimum Gasteiger partial charge on any atom is -0.267 e. The van der Waals surface area contributed by atoms with E-state index >= 15 is 0 Å². The van der Waals surface area contributed by atoms with Crippen LogP contribution in [-0.4, -0.2) is 39.1 Å². The Morgan fingerprint density at radius 2 is 0.603 bits per heavy atom. The van der Waals surface area contributed by atoms with E-state index in [9.17, 15) is 0 Å². The average molecular weight is 1580 g/mol. The largest absolute Gasteiger partial charge is 0.267 e. The fraction of sp³-hybridized carbons (Fsp3) is 0.176. The van der Waals surface area contributed by atoms with Crippen LogP contribution in [0.1, 0.15) is 88.1 Å². The van der Waals surface area contributed by atoms with Gasteiger partial charge >= 0.3 is 0 Å². The van der Waals surface area contributed by atoms with Crippen LogP contribution in [0.3, 0.4) is 0 Å². The molecule has 20 rings (SSSR count). The molecule has 0 aliphatic rings. The summed E-state index contributed by atoms with van der Waals surface area (Å²) < 4.78 is 17.2. The van der Waals surface area contributed by atoms with Crippen LogP contribution in [0.2, 0.25) is 0 Å². The Kier molecular flexibility index (Phi) is 20.8. The van der Waals surface area contributed by atoms with E-state index in [1.165, 1.54) is 166 Å². The standard InChI is InChI=1S/C29H30N3.C27H26N3.C26H21N4.C26H24N3/c1-19-15-21-11-7-8-12-22(21)18-32(19)27-17-23(29(3,4)5)16-25(20(27)2)28-24-13-9-10-14-26(24)30-31(28)6;1-17-14-18(2)26(30-16-22-11-7-6-10-21(22)15-19(30)3)20(4)25(17)27-23-12-8-9-13-24(23)28-29(27)5;1-17-13-19-9-5-6-10-20(19)16-30(17)25-15-21(27-3)14-23(18(25)2)26-22-11-7-8-12-24(22)28-29(26)4;1-17-13-23(26-22-11-7-8-12-24(22)27-28(26)4)19(3)25(14-17)29-16-21-10-6-5-9-20(21)15-18(29)2/h7-18H,1-6H3;6-16H,1-5H3;5-16H,1-2,4H3;5-16H,1-4H3/q4*+1. The van der Waals surface area contributed by atoms with Crippen molar-refractivity contribution in [1.82, 2.24) is 39.1 Å². The molecule has 0 radical (unpaired) electrons. The summed E-state index contributed by atoms with van der Waals surface area (Å²) in [5.41, 5.74) is 33.6. The number of aromatic nitrogens is 12. The summed E-state index contributed by atoms with van der Waals surface area (Å²) in [6, 6.07) is 91.9. The van der Waals surface area contributed by atoms with Gasteiger partial charge in [0.25, 0.3) is 0 Å². The molecule has 13 heteroatoms. The lowest BCUT2D eigenvalue weighted by Crippen LogP contribution is -2.36. The summed E-state index contributed by atoms with van der Waals surface area (Å²) in [5, 5.41) is 33.6. The minimum absolute atomic E-state index is 0.0247. The van der Waals surface area contributed by atoms with E-state index in [4.69, 9.17) is 21.9 Å². The van der Waals surface area contributed by atoms with Gasteiger partial charge in [0.05, 0.1) is 51.4 Å². The van der Waals surface area contributed by atoms with Gasteiger partial charge in [-0.25, -0.2) is 4.85 Å². The van der Waals surface area contributed by atoms with Gasteiger partial charge in [0.1, 0.15) is 0 Å². The summed E-state index contributed by atoms with van der Waals surface area (Å²) in [5.74, 6) is 0. The summed E-state index contributed by atoms with van der Waals surface area (Å²) >= 11 is 0. The maximum absolute atomic E-state index is 7.69. The first-order valence-corrected chi connectivity index (χ1v) is 41.5. The molecule has 0 bridgehead atoms. The predicted octanol–water partition coefficient (Wildman–Crippen LogP) is 23.9. The highest BCUT2D eigenvalue weighted by atomic mass is 15.3. The lowest BCUT2D eigenvalue weighted by atomic mass is 9.83. The molecule has 13 nitrogen and oxygen atoms in total. The first-order chi connectivity index (χ1) is 58.3. The van der Waals surface area contributed by atoms with Crippen molar-refractivity contribution in [3.8, 4) is 67.8 Å². The van der Waals surface area contributed by atoms with E-state index in [1.54, 1.807) is 0 Å². The summed E-state index contributed by atoms with van der Waals surface area (Å²) in [6.07, 6.45) is 8.94. The summed E-state index contributed by atoms with van der Waals surface area (Å²) in [4.78, 5) is 3.78. The number of rotatable bonds is 8. The van der Waals surface area contributed by atoms with E-state index in [1.807, 2.05) is 89.4 Å². The van der Waals surface area contributed by atoms with Gasteiger partial charge in [-0.1, -0.05) is 166 Å². The second kappa shape index (κ2) is 31.8. The quantitative estimate of drug-likeness (QED) is 0.112. The van der Waals surface area contributed by atoms with E-state index in [0.29, 0.717) is 5.69 Å². The van der Waals surface area contributed by atoms with Crippen molar-refractivity contribution in [2.24, 2.45) is 28.2 Å². The SMILES string of the molecule is Cc1c(-c2c3ccccc3nn2C)cc(C(C)(C)C)cc1-[n+]1cc2ccccc2cc1C.Cc1cc(-c2c3ccccc3nn2C)c(C)c(-[n+]2cc3ccccc3cc2C)c1.Cc1cc(C)c(-[n+]2cc3ccccc3cc2C)c(C)c1-c1c2ccccc2nn1C.[C-]#[N+]c1cc(-c2c3ccccc3nn2C)c(C)c(-[n+]2cc3ccccc3cc2C)c1. The molecular formula is C108H101N13+4. The van der Waals surface area contributed by atoms with Crippen LogP contribution in [0.15, 0.2) is 286 Å². The number of hydrogen-bond acceptors (Lipinski definition) is 4. The Balaban J connectivity index is 0.000000115. The van der Waals surface area contributed by atoms with Crippen molar-refractivity contribution in [3.63, 3.8) is 0 Å². The molecule has 0 atom stereocenters. The molecule has 12 aromatic carbocycles. The average Bonchev–Trinajstić information content (AvgIpc) is 1.63. The fourth-order valence-corrected chi connectivity index (χ4v) is 18.2. The van der Waals surface area contributed by atoms with Crippen molar-refractivity contribution in [2.45, 2.75) is 102 Å². The summed E-state index contributed by atoms with van der Waals surface area (Å²) in [7, 11) is 8.09. The zero-order valence-electron chi connectivity index (χ0n) is 72.4. The van der Waals surface area contributed by atoms with Gasteiger partial charge in [0.15, 0.2) is 53.3 Å². The molecule has 0 unspecified atom stereocenters. The molecule has 8 aromatic heterocycles. The molecule has 0 aliphatic carbocycles. The van der Waals surface area contributed by atoms with Gasteiger partial charge in [0.2, 0.25) is 22.7 Å². The van der Waals surface area contributed by atoms with Gasteiger partial charge in [-0.05, 0) is 170 Å². The van der Waals surface area contributed by atoms with E-state index in [0.717, 1.165) is 55.7 Å². The predicted molar refractivity (Wildman–Crippen MR) is 498 cm³/mol. The van der Waals surface area contributed by atoms with Gasteiger partial charge in [-0.2, -0.15) is 38.7 Å². The minimum atomic E-state index is 0.0247. The number of fused-ring (bicyclic) bond motifs is 8. The molecule has 0 spiro atoms. The Bertz CT molecular complexity index is 7590. The lowest BCUT2D eigenvalue weighted by Gasteiger charge is -2.22. The van der Waals surface area contributed by atoms with Gasteiger partial charge < -0.3 is 0 Å². The molecule has 0 N–H and O–H groups in total. The molecule has 0 aliphatic heterocycles. The van der Waals surface area contributed by atoms with Crippen LogP contribution in [0.5, 0.6) is 0 Å². The maximum atomic E-state index is 7.69. The third-order valence-electron chi connectivity index (χ3n) is 24.2. The third-order valence-corrected chi connectivity index (χ3v) is 24.2. The molecule has 121 heavy (non-hydrogen) atoms. The third kappa shape index (κ3) is 14.7. The molecule has 0 saturated heterocycles. The number of benzene rings is 12. The normalized spacial score (nSPS) is 11.5. The molecule has 0 saturated carbocycles. The maximum Gasteiger partial charge on any atom is 0.217 e. The Hall–Kier alpha value is -14.4. The van der Waals surface area contributed by atoms with Crippen LogP contribution >= 0.6 is 0 Å². The number of aryl methyl sites for hydroxylation is 11. The first kappa shape index (κ1) is 79.1. The fourth-order valence-electron chi connectivity index (χ4n) is 18.2. The molecule has 8 heterocycles. The molecule has 594 valence electrons. The second-order valence-corrected chi connectivity index (χ2v) is 33.6. The molecule has 0 amide bonds. The zero-order chi connectivity index (χ0) is 84.6. The molecular weight excluding hydrogens is 1480 g/mol. The molecule has 0 fully saturated rings. The lowest BCUT2D eigenvalue weighted by molar-refractivity contribution is -0.602. The van der Waals surface area contributed by atoms with Crippen LogP contribution in [0.25, 0.3) is 159 Å². The topological polar surface area (TPSA) is 91.2 Å². The highest BCUT2D eigenvalue weighted by molar-refractivity contribution is 5.99. The second-order valence-electron chi connectivity index (χ2n) is 33.6. The highest BCUT2D eigenvalue weighted by Gasteiger charge is 2.30. The van der Waals surface area contributed by atoms with Crippen LogP contribution in [0, 0.1) is 82.7 Å². The zero-order valence-corrected chi connectivity index (χ0v) is 72.4. The Morgan fingerprint density at radius 3 is 0.983 bits per heavy atom. The van der Waals surface area contributed by atoms with Crippen LogP contribution in [-0.2, 0) is 33.6 Å². The van der Waals surface area contributed by atoms with E-state index < -0.39 is 0 Å². The monoisotopic (exact) mass is 1580 g/mol. The van der Waals surface area contributed by atoms with E-state index in [2.05, 4.69) is 368 Å². The first-order valence-electron chi connectivity index (χ1n) is 41.5. The van der Waals surface area contributed by atoms with Crippen molar-refractivity contribution >= 4 is 92.4 Å². The Morgan fingerprint density at radius 1 is 0.298 bits per heavy atom. The summed E-state index contributed by atoms with van der Waals surface area (Å²) in [6.45, 7) is 38.6. The van der Waals surface area contributed by atoms with Gasteiger partial charge in [-0.3, -0.25) is 18.7 Å². The number of nitrogens with zero attached hydrogens (tertiary/aromatic N) is 13. The highest BCUT2D eigenvalue weighted by Crippen LogP contribution is 2.41. The number of pyridine rings is 4. The van der Waals surface area contributed by atoms with Gasteiger partial charge in [0, 0.05) is 186 Å².